The van der Waals surface area contributed by atoms with Crippen LogP contribution in [0.2, 0.25) is 0 Å². The molecule has 0 saturated carbocycles. The largest absolute Gasteiger partial charge is 0.378 e. The molecule has 27 heavy (non-hydrogen) atoms. The normalized spacial score (nSPS) is 20.7. The number of benzene rings is 1. The van der Waals surface area contributed by atoms with Gasteiger partial charge < -0.3 is 24.8 Å². The number of nitrogens with zero attached hydrogens (tertiary/aromatic N) is 3. The molecule has 144 valence electrons. The number of hydrogen-bond acceptors (Lipinski definition) is 6. The predicted octanol–water partition coefficient (Wildman–Crippen LogP) is 1.37. The Labute approximate surface area is 159 Å². The Kier molecular flexibility index (Phi) is 5.69. The van der Waals surface area contributed by atoms with Gasteiger partial charge >= 0.3 is 0 Å². The molecule has 2 aromatic rings. The van der Waals surface area contributed by atoms with Crippen molar-refractivity contribution in [3.05, 3.63) is 52.6 Å². The van der Waals surface area contributed by atoms with Gasteiger partial charge in [0.1, 0.15) is 0 Å². The molecule has 4 rings (SSSR count). The summed E-state index contributed by atoms with van der Waals surface area (Å²) >= 11 is 0. The van der Waals surface area contributed by atoms with Gasteiger partial charge in [0.2, 0.25) is 0 Å². The summed E-state index contributed by atoms with van der Waals surface area (Å²) in [6, 6.07) is 9.15. The molecule has 0 amide bonds. The Bertz CT molecular complexity index is 785. The molecule has 0 aliphatic carbocycles. The van der Waals surface area contributed by atoms with Crippen LogP contribution in [-0.4, -0.2) is 55.4 Å². The molecule has 0 radical (unpaired) electrons. The van der Waals surface area contributed by atoms with Crippen LogP contribution in [0.15, 0.2) is 41.5 Å². The number of H-pyrrole nitrogens is 1. The second-order valence-corrected chi connectivity index (χ2v) is 7.17. The van der Waals surface area contributed by atoms with Gasteiger partial charge in [0, 0.05) is 56.8 Å². The van der Waals surface area contributed by atoms with Crippen LogP contribution in [-0.2, 0) is 11.3 Å². The lowest BCUT2D eigenvalue weighted by atomic mass is 10.1. The number of hydrogen-bond donors (Lipinski definition) is 2. The first-order chi connectivity index (χ1) is 13.3. The van der Waals surface area contributed by atoms with E-state index in [1.807, 2.05) is 0 Å². The van der Waals surface area contributed by atoms with Crippen molar-refractivity contribution < 1.29 is 4.74 Å². The first-order valence-corrected chi connectivity index (χ1v) is 9.73. The summed E-state index contributed by atoms with van der Waals surface area (Å²) in [6.07, 6.45) is 5.40. The number of rotatable bonds is 5. The number of anilines is 2. The van der Waals surface area contributed by atoms with Crippen molar-refractivity contribution in [3.63, 3.8) is 0 Å². The minimum atomic E-state index is -0.114. The van der Waals surface area contributed by atoms with Gasteiger partial charge in [-0.1, -0.05) is 12.1 Å². The number of aromatic amines is 1. The maximum atomic E-state index is 12.0. The van der Waals surface area contributed by atoms with E-state index in [-0.39, 0.29) is 5.56 Å². The number of aromatic nitrogens is 2. The van der Waals surface area contributed by atoms with E-state index in [9.17, 15) is 4.79 Å². The highest BCUT2D eigenvalue weighted by molar-refractivity contribution is 5.48. The highest BCUT2D eigenvalue weighted by Crippen LogP contribution is 2.18. The second-order valence-electron chi connectivity index (χ2n) is 7.17. The van der Waals surface area contributed by atoms with Crippen LogP contribution in [0.1, 0.15) is 18.4 Å². The van der Waals surface area contributed by atoms with Gasteiger partial charge in [0.05, 0.1) is 13.2 Å². The third-order valence-electron chi connectivity index (χ3n) is 5.32. The van der Waals surface area contributed by atoms with E-state index in [2.05, 4.69) is 49.4 Å². The first-order valence-electron chi connectivity index (χ1n) is 9.73. The monoisotopic (exact) mass is 369 g/mol. The third kappa shape index (κ3) is 4.48. The van der Waals surface area contributed by atoms with E-state index >= 15 is 0 Å². The molecule has 1 aromatic heterocycles. The molecule has 7 nitrogen and oxygen atoms in total. The first kappa shape index (κ1) is 18.0. The molecule has 7 heteroatoms. The lowest BCUT2D eigenvalue weighted by Crippen LogP contribution is -2.47. The van der Waals surface area contributed by atoms with Gasteiger partial charge in [0.15, 0.2) is 5.82 Å². The summed E-state index contributed by atoms with van der Waals surface area (Å²) in [4.78, 5) is 23.4. The Morgan fingerprint density at radius 1 is 1.15 bits per heavy atom. The van der Waals surface area contributed by atoms with Gasteiger partial charge in [-0.15, -0.1) is 0 Å². The Morgan fingerprint density at radius 3 is 2.74 bits per heavy atom. The van der Waals surface area contributed by atoms with Crippen LogP contribution < -0.4 is 20.7 Å². The fourth-order valence-electron chi connectivity index (χ4n) is 3.81. The lowest BCUT2D eigenvalue weighted by Gasteiger charge is -2.33. The fourth-order valence-corrected chi connectivity index (χ4v) is 3.81. The van der Waals surface area contributed by atoms with E-state index in [0.717, 1.165) is 58.8 Å². The summed E-state index contributed by atoms with van der Waals surface area (Å²) in [5.41, 5.74) is 2.43. The van der Waals surface area contributed by atoms with Crippen molar-refractivity contribution in [2.75, 3.05) is 49.2 Å². The quantitative estimate of drug-likeness (QED) is 0.829. The van der Waals surface area contributed by atoms with E-state index < -0.39 is 0 Å². The highest BCUT2D eigenvalue weighted by Gasteiger charge is 2.22. The lowest BCUT2D eigenvalue weighted by molar-refractivity contribution is 0.122. The number of morpholine rings is 1. The molecule has 3 heterocycles. The number of nitrogens with one attached hydrogen (secondary N) is 2. The van der Waals surface area contributed by atoms with Gasteiger partial charge in [-0.3, -0.25) is 4.79 Å². The zero-order chi connectivity index (χ0) is 18.5. The Hall–Kier alpha value is -2.38. The summed E-state index contributed by atoms with van der Waals surface area (Å²) in [7, 11) is 0. The average molecular weight is 369 g/mol. The van der Waals surface area contributed by atoms with Gasteiger partial charge in [-0.2, -0.15) is 0 Å². The smallest absolute Gasteiger partial charge is 0.290 e. The van der Waals surface area contributed by atoms with Gasteiger partial charge in [0.25, 0.3) is 5.56 Å². The van der Waals surface area contributed by atoms with Crippen LogP contribution >= 0.6 is 0 Å². The molecule has 2 aliphatic rings. The van der Waals surface area contributed by atoms with Gasteiger partial charge in [-0.05, 0) is 30.5 Å². The molecule has 0 spiro atoms. The highest BCUT2D eigenvalue weighted by atomic mass is 16.5. The van der Waals surface area contributed by atoms with E-state index in [1.54, 1.807) is 12.4 Å². The molecule has 2 saturated heterocycles. The van der Waals surface area contributed by atoms with Crippen LogP contribution in [0.4, 0.5) is 11.5 Å². The SMILES string of the molecule is O=c1[nH]ccnc1N1CCCC(NCc2ccc(N3CCOCC3)cc2)C1. The predicted molar refractivity (Wildman–Crippen MR) is 106 cm³/mol. The molecule has 1 aromatic carbocycles. The topological polar surface area (TPSA) is 73.5 Å². The van der Waals surface area contributed by atoms with Crippen molar-refractivity contribution in [2.24, 2.45) is 0 Å². The number of ether oxygens (including phenoxy) is 1. The molecule has 1 unspecified atom stereocenters. The van der Waals surface area contributed by atoms with Crippen molar-refractivity contribution in [2.45, 2.75) is 25.4 Å². The molecule has 2 fully saturated rings. The summed E-state index contributed by atoms with van der Waals surface area (Å²) in [5, 5.41) is 3.64. The summed E-state index contributed by atoms with van der Waals surface area (Å²) < 4.78 is 5.42. The summed E-state index contributed by atoms with van der Waals surface area (Å²) in [5.74, 6) is 0.527. The fraction of sp³-hybridized carbons (Fsp3) is 0.500. The Morgan fingerprint density at radius 2 is 1.96 bits per heavy atom. The molecule has 2 aliphatic heterocycles. The molecule has 2 N–H and O–H groups in total. The molecular formula is C20H27N5O2. The standard InChI is InChI=1S/C20H27N5O2/c26-20-19(21-7-8-22-20)25-9-1-2-17(15-25)23-14-16-3-5-18(6-4-16)24-10-12-27-13-11-24/h3-8,17,23H,1-2,9-15H2,(H,22,26). The zero-order valence-corrected chi connectivity index (χ0v) is 15.6. The van der Waals surface area contributed by atoms with Crippen molar-refractivity contribution >= 4 is 11.5 Å². The third-order valence-corrected chi connectivity index (χ3v) is 5.32. The van der Waals surface area contributed by atoms with Crippen LogP contribution in [0.5, 0.6) is 0 Å². The van der Waals surface area contributed by atoms with Gasteiger partial charge in [-0.25, -0.2) is 4.98 Å². The van der Waals surface area contributed by atoms with Crippen molar-refractivity contribution in [3.8, 4) is 0 Å². The zero-order valence-electron chi connectivity index (χ0n) is 15.6. The van der Waals surface area contributed by atoms with E-state index in [4.69, 9.17) is 4.74 Å². The second kappa shape index (κ2) is 8.54. The van der Waals surface area contributed by atoms with Crippen molar-refractivity contribution in [1.82, 2.24) is 15.3 Å². The van der Waals surface area contributed by atoms with E-state index in [1.165, 1.54) is 11.3 Å². The Balaban J connectivity index is 1.31. The molecular weight excluding hydrogens is 342 g/mol. The number of piperidine rings is 1. The van der Waals surface area contributed by atoms with Crippen LogP contribution in [0.25, 0.3) is 0 Å². The average Bonchev–Trinajstić information content (AvgIpc) is 2.74. The minimum Gasteiger partial charge on any atom is -0.378 e. The van der Waals surface area contributed by atoms with Crippen molar-refractivity contribution in [1.29, 1.82) is 0 Å². The molecule has 1 atom stereocenters. The summed E-state index contributed by atoms with van der Waals surface area (Å²) in [6.45, 7) is 6.06. The van der Waals surface area contributed by atoms with Crippen LogP contribution in [0, 0.1) is 0 Å². The maximum absolute atomic E-state index is 12.0. The van der Waals surface area contributed by atoms with Crippen LogP contribution in [0.3, 0.4) is 0 Å². The maximum Gasteiger partial charge on any atom is 0.290 e. The molecule has 0 bridgehead atoms. The van der Waals surface area contributed by atoms with E-state index in [0.29, 0.717) is 11.9 Å². The minimum absolute atomic E-state index is 0.114.